The number of amides is 1. The van der Waals surface area contributed by atoms with E-state index < -0.39 is 33.3 Å². The maximum atomic E-state index is 14.1. The monoisotopic (exact) mass is 515 g/mol. The molecular formula is C24H22FN3O5S2. The fraction of sp³-hybridized carbons (Fsp3) is 0.208. The third kappa shape index (κ3) is 5.75. The summed E-state index contributed by atoms with van der Waals surface area (Å²) in [7, 11) is -3.90. The molecule has 182 valence electrons. The topological polar surface area (TPSA) is 107 Å². The lowest BCUT2D eigenvalue weighted by atomic mass is 10.2. The molecule has 2 heterocycles. The standard InChI is InChI=1S/C24H22FN3O5S2/c1-2-33-23(30)11-17-14-34-24(26-17)27-22(29)13-28-12-21(18-8-4-6-10-20(18)28)35(31,32)15-16-7-3-5-9-19(16)25/h3-10,12,14H,2,11,13,15H2,1H3,(H,26,27,29). The molecule has 0 spiro atoms. The van der Waals surface area contributed by atoms with Crippen LogP contribution in [-0.4, -0.2) is 36.5 Å². The zero-order valence-electron chi connectivity index (χ0n) is 18.7. The van der Waals surface area contributed by atoms with Crippen LogP contribution in [0, 0.1) is 5.82 Å². The van der Waals surface area contributed by atoms with Crippen molar-refractivity contribution in [3.8, 4) is 0 Å². The van der Waals surface area contributed by atoms with Crippen molar-refractivity contribution in [2.24, 2.45) is 0 Å². The first-order valence-electron chi connectivity index (χ1n) is 10.7. The molecule has 2 aromatic carbocycles. The zero-order valence-corrected chi connectivity index (χ0v) is 20.4. The minimum Gasteiger partial charge on any atom is -0.466 e. The second kappa shape index (κ2) is 10.4. The number of para-hydroxylation sites is 1. The molecule has 0 bridgehead atoms. The van der Waals surface area contributed by atoms with E-state index in [2.05, 4.69) is 10.3 Å². The van der Waals surface area contributed by atoms with Crippen LogP contribution >= 0.6 is 11.3 Å². The summed E-state index contributed by atoms with van der Waals surface area (Å²) in [5, 5.41) is 5.09. The molecule has 35 heavy (non-hydrogen) atoms. The van der Waals surface area contributed by atoms with Crippen molar-refractivity contribution in [3.05, 3.63) is 77.2 Å². The molecule has 11 heteroatoms. The lowest BCUT2D eigenvalue weighted by molar-refractivity contribution is -0.142. The number of halogens is 1. The van der Waals surface area contributed by atoms with Crippen molar-refractivity contribution in [2.45, 2.75) is 30.5 Å². The van der Waals surface area contributed by atoms with Crippen molar-refractivity contribution in [2.75, 3.05) is 11.9 Å². The van der Waals surface area contributed by atoms with Crippen LogP contribution in [-0.2, 0) is 42.9 Å². The molecule has 1 amide bonds. The Morgan fingerprint density at radius 1 is 1.14 bits per heavy atom. The highest BCUT2D eigenvalue weighted by atomic mass is 32.2. The summed E-state index contributed by atoms with van der Waals surface area (Å²) >= 11 is 1.17. The first kappa shape index (κ1) is 24.6. The summed E-state index contributed by atoms with van der Waals surface area (Å²) in [6, 6.07) is 12.5. The highest BCUT2D eigenvalue weighted by Crippen LogP contribution is 2.29. The zero-order chi connectivity index (χ0) is 25.0. The number of aromatic nitrogens is 2. The van der Waals surface area contributed by atoms with Gasteiger partial charge in [-0.2, -0.15) is 0 Å². The summed E-state index contributed by atoms with van der Waals surface area (Å²) < 4.78 is 46.9. The average Bonchev–Trinajstić information content (AvgIpc) is 3.40. The Hall–Kier alpha value is -3.57. The highest BCUT2D eigenvalue weighted by molar-refractivity contribution is 7.90. The van der Waals surface area contributed by atoms with E-state index in [1.54, 1.807) is 42.6 Å². The third-order valence-electron chi connectivity index (χ3n) is 5.13. The minimum absolute atomic E-state index is 0.00563. The molecule has 0 saturated carbocycles. The Labute approximate surface area is 205 Å². The van der Waals surface area contributed by atoms with Gasteiger partial charge < -0.3 is 14.6 Å². The second-order valence-corrected chi connectivity index (χ2v) is 10.5. The summed E-state index contributed by atoms with van der Waals surface area (Å²) in [6.07, 6.45) is 1.40. The maximum absolute atomic E-state index is 14.1. The van der Waals surface area contributed by atoms with Crippen LogP contribution < -0.4 is 5.32 Å². The molecule has 0 unspecified atom stereocenters. The fourth-order valence-corrected chi connectivity index (χ4v) is 5.93. The molecule has 0 fully saturated rings. The minimum atomic E-state index is -3.90. The number of nitrogens with zero attached hydrogens (tertiary/aromatic N) is 2. The first-order chi connectivity index (χ1) is 16.8. The van der Waals surface area contributed by atoms with Gasteiger partial charge in [0.1, 0.15) is 12.4 Å². The van der Waals surface area contributed by atoms with E-state index in [0.717, 1.165) is 0 Å². The normalized spacial score (nSPS) is 11.5. The van der Waals surface area contributed by atoms with Gasteiger partial charge in [0.25, 0.3) is 0 Å². The predicted octanol–water partition coefficient (Wildman–Crippen LogP) is 3.96. The van der Waals surface area contributed by atoms with Gasteiger partial charge in [-0.1, -0.05) is 36.4 Å². The number of nitrogens with one attached hydrogen (secondary N) is 1. The van der Waals surface area contributed by atoms with Gasteiger partial charge in [-0.3, -0.25) is 9.59 Å². The van der Waals surface area contributed by atoms with Crippen molar-refractivity contribution in [1.82, 2.24) is 9.55 Å². The fourth-order valence-electron chi connectivity index (χ4n) is 3.61. The van der Waals surface area contributed by atoms with Gasteiger partial charge in [0.2, 0.25) is 5.91 Å². The molecule has 2 aromatic heterocycles. The van der Waals surface area contributed by atoms with Crippen molar-refractivity contribution in [3.63, 3.8) is 0 Å². The largest absolute Gasteiger partial charge is 0.466 e. The maximum Gasteiger partial charge on any atom is 0.311 e. The van der Waals surface area contributed by atoms with Crippen LogP contribution in [0.5, 0.6) is 0 Å². The van der Waals surface area contributed by atoms with E-state index in [1.807, 2.05) is 0 Å². The van der Waals surface area contributed by atoms with Gasteiger partial charge in [-0.05, 0) is 19.1 Å². The lowest BCUT2D eigenvalue weighted by Gasteiger charge is -2.05. The lowest BCUT2D eigenvalue weighted by Crippen LogP contribution is -2.18. The first-order valence-corrected chi connectivity index (χ1v) is 13.2. The van der Waals surface area contributed by atoms with Crippen LogP contribution in [0.15, 0.2) is 65.0 Å². The number of anilines is 1. The number of thiazole rings is 1. The van der Waals surface area contributed by atoms with Gasteiger partial charge in [0.15, 0.2) is 15.0 Å². The van der Waals surface area contributed by atoms with E-state index in [4.69, 9.17) is 4.74 Å². The number of benzene rings is 2. The van der Waals surface area contributed by atoms with E-state index in [-0.39, 0.29) is 30.0 Å². The Balaban J connectivity index is 1.54. The second-order valence-electron chi connectivity index (χ2n) is 7.66. The predicted molar refractivity (Wildman–Crippen MR) is 130 cm³/mol. The molecule has 0 aliphatic rings. The molecule has 0 aliphatic heterocycles. The number of sulfone groups is 1. The molecule has 0 saturated heterocycles. The van der Waals surface area contributed by atoms with Crippen LogP contribution in [0.3, 0.4) is 0 Å². The summed E-state index contributed by atoms with van der Waals surface area (Å²) in [4.78, 5) is 28.6. The van der Waals surface area contributed by atoms with Crippen molar-refractivity contribution in [1.29, 1.82) is 0 Å². The number of ether oxygens (including phenoxy) is 1. The van der Waals surface area contributed by atoms with E-state index in [9.17, 15) is 22.4 Å². The number of hydrogen-bond donors (Lipinski definition) is 1. The van der Waals surface area contributed by atoms with E-state index >= 15 is 0 Å². The quantitative estimate of drug-likeness (QED) is 0.338. The van der Waals surface area contributed by atoms with Gasteiger partial charge in [0, 0.05) is 28.0 Å². The SMILES string of the molecule is CCOC(=O)Cc1csc(NC(=O)Cn2cc(S(=O)(=O)Cc3ccccc3F)c3ccccc32)n1. The van der Waals surface area contributed by atoms with Gasteiger partial charge in [-0.15, -0.1) is 11.3 Å². The Morgan fingerprint density at radius 3 is 2.66 bits per heavy atom. The number of hydrogen-bond acceptors (Lipinski definition) is 7. The summed E-state index contributed by atoms with van der Waals surface area (Å²) in [5.74, 6) is -1.91. The van der Waals surface area contributed by atoms with Crippen molar-refractivity contribution < 1.29 is 27.1 Å². The van der Waals surface area contributed by atoms with Gasteiger partial charge >= 0.3 is 5.97 Å². The number of rotatable bonds is 9. The average molecular weight is 516 g/mol. The van der Waals surface area contributed by atoms with Gasteiger partial charge in [-0.25, -0.2) is 17.8 Å². The van der Waals surface area contributed by atoms with Crippen LogP contribution in [0.1, 0.15) is 18.2 Å². The molecular weight excluding hydrogens is 493 g/mol. The Kier molecular flexibility index (Phi) is 7.27. The smallest absolute Gasteiger partial charge is 0.311 e. The van der Waals surface area contributed by atoms with Crippen molar-refractivity contribution >= 4 is 49.1 Å². The molecule has 4 rings (SSSR count). The third-order valence-corrected chi connectivity index (χ3v) is 7.63. The Bertz CT molecular complexity index is 1490. The summed E-state index contributed by atoms with van der Waals surface area (Å²) in [6.45, 7) is 1.82. The van der Waals surface area contributed by atoms with Crippen LogP contribution in [0.25, 0.3) is 10.9 Å². The number of carbonyl (C=O) groups excluding carboxylic acids is 2. The van der Waals surface area contributed by atoms with Crippen LogP contribution in [0.2, 0.25) is 0 Å². The van der Waals surface area contributed by atoms with E-state index in [1.165, 1.54) is 40.3 Å². The Morgan fingerprint density at radius 2 is 1.89 bits per heavy atom. The molecule has 0 atom stereocenters. The molecule has 1 N–H and O–H groups in total. The van der Waals surface area contributed by atoms with Gasteiger partial charge in [0.05, 0.1) is 29.4 Å². The molecule has 0 aliphatic carbocycles. The van der Waals surface area contributed by atoms with E-state index in [0.29, 0.717) is 21.7 Å². The molecule has 4 aromatic rings. The highest BCUT2D eigenvalue weighted by Gasteiger charge is 2.23. The summed E-state index contributed by atoms with van der Waals surface area (Å²) in [5.41, 5.74) is 1.11. The number of esters is 1. The number of fused-ring (bicyclic) bond motifs is 1. The molecule has 8 nitrogen and oxygen atoms in total. The van der Waals surface area contributed by atoms with Crippen LogP contribution in [0.4, 0.5) is 9.52 Å². The number of carbonyl (C=O) groups is 2. The molecule has 0 radical (unpaired) electrons.